The molecule has 2 unspecified atom stereocenters. The normalized spacial score (nSPS) is 23.7. The third-order valence-electron chi connectivity index (χ3n) is 8.10. The Labute approximate surface area is 204 Å². The number of carbonyl (C=O) groups excluding carboxylic acids is 2. The molecule has 0 saturated carbocycles. The van der Waals surface area contributed by atoms with Gasteiger partial charge in [0, 0.05) is 23.9 Å². The van der Waals surface area contributed by atoms with E-state index >= 15 is 0 Å². The van der Waals surface area contributed by atoms with Crippen LogP contribution in [-0.2, 0) is 9.53 Å². The van der Waals surface area contributed by atoms with Crippen molar-refractivity contribution in [2.75, 3.05) is 6.61 Å². The molecule has 5 heteroatoms. The number of piperidine rings is 2. The van der Waals surface area contributed by atoms with Crippen molar-refractivity contribution < 1.29 is 14.3 Å². The molecular formula is C29H35NO3Si. The van der Waals surface area contributed by atoms with E-state index in [4.69, 9.17) is 4.74 Å². The summed E-state index contributed by atoms with van der Waals surface area (Å²) >= 11 is 0. The van der Waals surface area contributed by atoms with Gasteiger partial charge in [-0.2, -0.15) is 0 Å². The van der Waals surface area contributed by atoms with Crippen LogP contribution in [0.25, 0.3) is 11.1 Å². The predicted octanol–water partition coefficient (Wildman–Crippen LogP) is 6.57. The van der Waals surface area contributed by atoms with E-state index in [0.717, 1.165) is 37.3 Å². The van der Waals surface area contributed by atoms with Gasteiger partial charge in [0.1, 0.15) is 6.61 Å². The summed E-state index contributed by atoms with van der Waals surface area (Å²) < 4.78 is 6.00. The van der Waals surface area contributed by atoms with Crippen LogP contribution in [0.1, 0.15) is 49.1 Å². The monoisotopic (exact) mass is 473 g/mol. The van der Waals surface area contributed by atoms with Gasteiger partial charge in [0.25, 0.3) is 0 Å². The third-order valence-corrected chi connectivity index (χ3v) is 10.2. The largest absolute Gasteiger partial charge is 0.448 e. The maximum Gasteiger partial charge on any atom is 0.410 e. The van der Waals surface area contributed by atoms with Crippen LogP contribution in [0.2, 0.25) is 19.6 Å². The van der Waals surface area contributed by atoms with Crippen LogP contribution in [0, 0.1) is 5.92 Å². The highest BCUT2D eigenvalue weighted by Crippen LogP contribution is 2.45. The van der Waals surface area contributed by atoms with Crippen molar-refractivity contribution in [2.24, 2.45) is 5.92 Å². The van der Waals surface area contributed by atoms with E-state index in [1.54, 1.807) is 0 Å². The number of nitrogens with zero attached hydrogens (tertiary/aromatic N) is 1. The van der Waals surface area contributed by atoms with E-state index in [0.29, 0.717) is 6.61 Å². The Balaban J connectivity index is 1.29. The fraction of sp³-hybridized carbons (Fsp3) is 0.448. The van der Waals surface area contributed by atoms with Gasteiger partial charge in [0.05, 0.1) is 8.07 Å². The van der Waals surface area contributed by atoms with Gasteiger partial charge in [-0.1, -0.05) is 74.8 Å². The van der Waals surface area contributed by atoms with Crippen LogP contribution in [-0.4, -0.2) is 43.5 Å². The molecule has 178 valence electrons. The molecule has 2 fully saturated rings. The highest BCUT2D eigenvalue weighted by Gasteiger charge is 2.45. The van der Waals surface area contributed by atoms with Gasteiger partial charge in [-0.15, -0.1) is 0 Å². The summed E-state index contributed by atoms with van der Waals surface area (Å²) in [6, 6.07) is 17.0. The molecule has 2 aromatic carbocycles. The first-order valence-corrected chi connectivity index (χ1v) is 16.1. The first-order valence-electron chi connectivity index (χ1n) is 12.6. The summed E-state index contributed by atoms with van der Waals surface area (Å²) in [6.45, 7) is 11.1. The van der Waals surface area contributed by atoms with Gasteiger partial charge in [0.15, 0.2) is 5.78 Å². The Morgan fingerprint density at radius 3 is 2.00 bits per heavy atom. The lowest BCUT2D eigenvalue weighted by Crippen LogP contribution is -2.56. The number of carbonyl (C=O) groups is 2. The van der Waals surface area contributed by atoms with E-state index in [1.807, 2.05) is 4.90 Å². The van der Waals surface area contributed by atoms with Gasteiger partial charge in [0.2, 0.25) is 0 Å². The molecule has 0 radical (unpaired) electrons. The number of amides is 1. The number of rotatable bonds is 5. The van der Waals surface area contributed by atoms with Crippen molar-refractivity contribution in [2.45, 2.75) is 69.7 Å². The van der Waals surface area contributed by atoms with Gasteiger partial charge in [-0.3, -0.25) is 4.79 Å². The first kappa shape index (κ1) is 23.1. The van der Waals surface area contributed by atoms with Gasteiger partial charge in [-0.25, -0.2) is 4.79 Å². The standard InChI is InChI=1S/C29H35NO3Si/c1-19(34(2,3)4)28(31)20-16-21-10-9-11-22(17-20)30(21)29(32)33-18-27-25-14-7-5-12-23(25)24-13-6-8-15-26(24)27/h5-8,12-15,20-22,27H,1,9-11,16-18H2,2-4H3. The summed E-state index contributed by atoms with van der Waals surface area (Å²) in [5.41, 5.74) is 4.92. The number of ether oxygens (including phenoxy) is 1. The fourth-order valence-electron chi connectivity index (χ4n) is 6.18. The van der Waals surface area contributed by atoms with E-state index in [-0.39, 0.29) is 35.8 Å². The van der Waals surface area contributed by atoms with Crippen LogP contribution < -0.4 is 0 Å². The number of allylic oxidation sites excluding steroid dienone is 1. The molecule has 5 rings (SSSR count). The van der Waals surface area contributed by atoms with Crippen molar-refractivity contribution in [3.8, 4) is 11.1 Å². The number of Topliss-reactive ketones (excluding diaryl/α,β-unsaturated/α-hetero) is 1. The molecule has 4 nitrogen and oxygen atoms in total. The lowest BCUT2D eigenvalue weighted by Gasteiger charge is -2.48. The minimum absolute atomic E-state index is 0.00726. The minimum atomic E-state index is -1.72. The second kappa shape index (κ2) is 8.84. The van der Waals surface area contributed by atoms with Gasteiger partial charge in [-0.05, 0) is 59.6 Å². The van der Waals surface area contributed by atoms with E-state index in [9.17, 15) is 9.59 Å². The Hall–Kier alpha value is -2.66. The molecular weight excluding hydrogens is 438 g/mol. The summed E-state index contributed by atoms with van der Waals surface area (Å²) in [5.74, 6) is 0.297. The molecule has 34 heavy (non-hydrogen) atoms. The van der Waals surface area contributed by atoms with Gasteiger partial charge < -0.3 is 9.64 Å². The third kappa shape index (κ3) is 4.04. The van der Waals surface area contributed by atoms with Crippen molar-refractivity contribution in [3.05, 3.63) is 71.4 Å². The number of hydrogen-bond donors (Lipinski definition) is 0. The predicted molar refractivity (Wildman–Crippen MR) is 139 cm³/mol. The Morgan fingerprint density at radius 1 is 0.941 bits per heavy atom. The molecule has 0 aromatic heterocycles. The summed E-state index contributed by atoms with van der Waals surface area (Å²) in [6.07, 6.45) is 4.27. The molecule has 2 heterocycles. The molecule has 1 amide bonds. The molecule has 2 bridgehead atoms. The Morgan fingerprint density at radius 2 is 1.47 bits per heavy atom. The lowest BCUT2D eigenvalue weighted by atomic mass is 9.77. The number of ketones is 1. The average molecular weight is 474 g/mol. The number of fused-ring (bicyclic) bond motifs is 5. The maximum atomic E-state index is 13.4. The van der Waals surface area contributed by atoms with Crippen molar-refractivity contribution in [1.82, 2.24) is 4.90 Å². The van der Waals surface area contributed by atoms with Crippen LogP contribution in [0.5, 0.6) is 0 Å². The molecule has 2 aromatic rings. The molecule has 2 saturated heterocycles. The fourth-order valence-corrected chi connectivity index (χ4v) is 7.12. The Bertz CT molecular complexity index is 1070. The minimum Gasteiger partial charge on any atom is -0.448 e. The topological polar surface area (TPSA) is 46.6 Å². The summed E-state index contributed by atoms with van der Waals surface area (Å²) in [4.78, 5) is 28.5. The maximum absolute atomic E-state index is 13.4. The first-order chi connectivity index (χ1) is 16.3. The SMILES string of the molecule is C=C(C(=O)C1CC2CCCC(C1)N2C(=O)OCC1c2ccccc2-c2ccccc21)[Si](C)(C)C. The highest BCUT2D eigenvalue weighted by molar-refractivity contribution is 6.87. The zero-order valence-corrected chi connectivity index (χ0v) is 21.5. The molecule has 3 aliphatic rings. The van der Waals surface area contributed by atoms with Crippen molar-refractivity contribution in [3.63, 3.8) is 0 Å². The van der Waals surface area contributed by atoms with E-state index < -0.39 is 8.07 Å². The lowest BCUT2D eigenvalue weighted by molar-refractivity contribution is -0.122. The van der Waals surface area contributed by atoms with Crippen LogP contribution in [0.15, 0.2) is 60.3 Å². The summed E-state index contributed by atoms with van der Waals surface area (Å²) in [5, 5.41) is 0.838. The number of hydrogen-bond acceptors (Lipinski definition) is 3. The average Bonchev–Trinajstić information content (AvgIpc) is 3.14. The van der Waals surface area contributed by atoms with Crippen LogP contribution >= 0.6 is 0 Å². The van der Waals surface area contributed by atoms with E-state index in [1.165, 1.54) is 22.3 Å². The van der Waals surface area contributed by atoms with E-state index in [2.05, 4.69) is 74.8 Å². The molecule has 0 N–H and O–H groups in total. The second-order valence-electron chi connectivity index (χ2n) is 11.2. The zero-order chi connectivity index (χ0) is 24.0. The van der Waals surface area contributed by atoms with Crippen molar-refractivity contribution >= 4 is 20.0 Å². The smallest absolute Gasteiger partial charge is 0.410 e. The molecule has 2 atom stereocenters. The zero-order valence-electron chi connectivity index (χ0n) is 20.5. The quantitative estimate of drug-likeness (QED) is 0.364. The van der Waals surface area contributed by atoms with Crippen LogP contribution in [0.4, 0.5) is 4.79 Å². The Kier molecular flexibility index (Phi) is 6.01. The van der Waals surface area contributed by atoms with Gasteiger partial charge >= 0.3 is 6.09 Å². The van der Waals surface area contributed by atoms with Crippen LogP contribution in [0.3, 0.4) is 0 Å². The molecule has 0 spiro atoms. The highest BCUT2D eigenvalue weighted by atomic mass is 28.3. The molecule has 2 aliphatic heterocycles. The second-order valence-corrected chi connectivity index (χ2v) is 16.3. The molecule has 1 aliphatic carbocycles. The summed E-state index contributed by atoms with van der Waals surface area (Å²) in [7, 11) is -1.72. The van der Waals surface area contributed by atoms with Crippen molar-refractivity contribution in [1.29, 1.82) is 0 Å². The number of benzene rings is 2.